The molecule has 1 heterocycles. The van der Waals surface area contributed by atoms with Gasteiger partial charge in [0.15, 0.2) is 0 Å². The van der Waals surface area contributed by atoms with Crippen LogP contribution in [0.5, 0.6) is 0 Å². The molecule has 1 aliphatic rings. The number of imide groups is 1. The lowest BCUT2D eigenvalue weighted by molar-refractivity contribution is -0.146. The molecule has 6 nitrogen and oxygen atoms in total. The third kappa shape index (κ3) is 9.60. The fourth-order valence-electron chi connectivity index (χ4n) is 3.80. The Morgan fingerprint density at radius 3 is 2.44 bits per heavy atom. The Kier molecular flexibility index (Phi) is 13.6. The number of hydrogen-bond acceptors (Lipinski definition) is 4. The van der Waals surface area contributed by atoms with Crippen molar-refractivity contribution in [3.8, 4) is 24.7 Å². The van der Waals surface area contributed by atoms with Crippen LogP contribution < -0.4 is 5.32 Å². The molecule has 3 amide bonds. The quantitative estimate of drug-likeness (QED) is 0.290. The summed E-state index contributed by atoms with van der Waals surface area (Å²) in [5.74, 6) is 5.06. The predicted molar refractivity (Wildman–Crippen MR) is 126 cm³/mol. The normalized spacial score (nSPS) is 16.1. The van der Waals surface area contributed by atoms with Crippen LogP contribution in [-0.2, 0) is 19.1 Å². The molecular formula is C26H38N2O4. The average Bonchev–Trinajstić information content (AvgIpc) is 3.10. The smallest absolute Gasteiger partial charge is 0.257 e. The van der Waals surface area contributed by atoms with Crippen molar-refractivity contribution in [2.75, 3.05) is 13.7 Å². The van der Waals surface area contributed by atoms with Crippen LogP contribution >= 0.6 is 0 Å². The van der Waals surface area contributed by atoms with Crippen LogP contribution in [0.3, 0.4) is 0 Å². The monoisotopic (exact) mass is 442 g/mol. The summed E-state index contributed by atoms with van der Waals surface area (Å²) >= 11 is 0. The van der Waals surface area contributed by atoms with Gasteiger partial charge in [-0.2, -0.15) is 0 Å². The van der Waals surface area contributed by atoms with Crippen molar-refractivity contribution >= 4 is 17.7 Å². The van der Waals surface area contributed by atoms with Crippen LogP contribution in [0.25, 0.3) is 0 Å². The van der Waals surface area contributed by atoms with E-state index >= 15 is 0 Å². The van der Waals surface area contributed by atoms with E-state index in [-0.39, 0.29) is 29.7 Å². The maximum atomic E-state index is 12.9. The zero-order valence-corrected chi connectivity index (χ0v) is 19.7. The molecule has 0 aromatic rings. The zero-order chi connectivity index (χ0) is 23.8. The lowest BCUT2D eigenvalue weighted by Crippen LogP contribution is -2.43. The summed E-state index contributed by atoms with van der Waals surface area (Å²) in [6.07, 6.45) is 21.2. The molecule has 0 unspecified atom stereocenters. The molecule has 0 saturated carbocycles. The maximum Gasteiger partial charge on any atom is 0.257 e. The number of amides is 3. The Morgan fingerprint density at radius 1 is 1.09 bits per heavy atom. The van der Waals surface area contributed by atoms with Gasteiger partial charge in [-0.3, -0.25) is 19.3 Å². The maximum absolute atomic E-state index is 12.9. The first-order valence-electron chi connectivity index (χ1n) is 11.7. The van der Waals surface area contributed by atoms with Gasteiger partial charge in [-0.05, 0) is 44.9 Å². The van der Waals surface area contributed by atoms with Gasteiger partial charge in [-0.1, -0.05) is 19.8 Å². The number of nitrogens with one attached hydrogen (secondary N) is 1. The summed E-state index contributed by atoms with van der Waals surface area (Å²) in [6, 6.07) is -0.375. The van der Waals surface area contributed by atoms with Gasteiger partial charge in [0.25, 0.3) is 5.91 Å². The van der Waals surface area contributed by atoms with Crippen molar-refractivity contribution in [3.63, 3.8) is 0 Å². The van der Waals surface area contributed by atoms with Gasteiger partial charge in [0.05, 0.1) is 13.2 Å². The molecule has 1 N–H and O–H groups in total. The van der Waals surface area contributed by atoms with E-state index in [1.807, 2.05) is 6.92 Å². The molecule has 6 heteroatoms. The van der Waals surface area contributed by atoms with Gasteiger partial charge in [-0.15, -0.1) is 24.7 Å². The fourth-order valence-corrected chi connectivity index (χ4v) is 3.80. The first-order chi connectivity index (χ1) is 15.5. The molecule has 0 radical (unpaired) electrons. The molecular weight excluding hydrogens is 404 g/mol. The van der Waals surface area contributed by atoms with Gasteiger partial charge in [0.2, 0.25) is 11.8 Å². The van der Waals surface area contributed by atoms with E-state index in [1.165, 1.54) is 18.1 Å². The van der Waals surface area contributed by atoms with Gasteiger partial charge in [0.1, 0.15) is 5.76 Å². The first kappa shape index (κ1) is 27.3. The third-order valence-corrected chi connectivity index (χ3v) is 5.70. The number of unbranched alkanes of at least 4 members (excludes halogenated alkanes) is 6. The highest BCUT2D eigenvalue weighted by Gasteiger charge is 2.39. The van der Waals surface area contributed by atoms with Crippen LogP contribution in [0.15, 0.2) is 11.8 Å². The lowest BCUT2D eigenvalue weighted by Gasteiger charge is -2.27. The highest BCUT2D eigenvalue weighted by Crippen LogP contribution is 2.27. The van der Waals surface area contributed by atoms with Crippen LogP contribution in [-0.4, -0.2) is 42.3 Å². The van der Waals surface area contributed by atoms with Crippen molar-refractivity contribution in [3.05, 3.63) is 11.8 Å². The second kappa shape index (κ2) is 16.0. The molecule has 0 aromatic heterocycles. The van der Waals surface area contributed by atoms with Gasteiger partial charge < -0.3 is 10.1 Å². The van der Waals surface area contributed by atoms with Gasteiger partial charge in [-0.25, -0.2) is 0 Å². The standard InChI is InChI=1S/C26H38N2O4/c1-5-7-9-11-13-18-24(29)27-19-15-14-17-22-23(32-4)20-25(30)28(22)26(31)21(3)16-12-10-8-6-2/h1-2,20-22H,7-19H2,3-4H3,(H,27,29)/t21-,22+/m1/s1. The molecule has 1 aliphatic heterocycles. The van der Waals surface area contributed by atoms with Crippen molar-refractivity contribution in [2.45, 2.75) is 90.0 Å². The minimum Gasteiger partial charge on any atom is -0.499 e. The van der Waals surface area contributed by atoms with Crippen molar-refractivity contribution in [1.29, 1.82) is 0 Å². The van der Waals surface area contributed by atoms with E-state index in [0.29, 0.717) is 38.0 Å². The summed E-state index contributed by atoms with van der Waals surface area (Å²) in [4.78, 5) is 38.7. The van der Waals surface area contributed by atoms with Gasteiger partial charge >= 0.3 is 0 Å². The summed E-state index contributed by atoms with van der Waals surface area (Å²) in [7, 11) is 1.52. The topological polar surface area (TPSA) is 75.7 Å². The second-order valence-electron chi connectivity index (χ2n) is 8.27. The predicted octanol–water partition coefficient (Wildman–Crippen LogP) is 3.95. The second-order valence-corrected chi connectivity index (χ2v) is 8.27. The summed E-state index contributed by atoms with van der Waals surface area (Å²) in [5.41, 5.74) is 0. The Labute approximate surface area is 193 Å². The van der Waals surface area contributed by atoms with Crippen molar-refractivity contribution < 1.29 is 19.1 Å². The van der Waals surface area contributed by atoms with E-state index in [9.17, 15) is 14.4 Å². The van der Waals surface area contributed by atoms with Crippen molar-refractivity contribution in [2.24, 2.45) is 5.92 Å². The molecule has 0 fully saturated rings. The lowest BCUT2D eigenvalue weighted by atomic mass is 10.00. The molecule has 0 aliphatic carbocycles. The number of rotatable bonds is 16. The number of hydrogen-bond donors (Lipinski definition) is 1. The molecule has 0 spiro atoms. The average molecular weight is 443 g/mol. The number of terminal acetylenes is 2. The SMILES string of the molecule is C#CCCCCCC(=O)NCCCC[C@H]1C(OC)=CC(=O)N1C(=O)[C@H](C)CCCCC#C. The van der Waals surface area contributed by atoms with E-state index < -0.39 is 0 Å². The van der Waals surface area contributed by atoms with Crippen LogP contribution in [0.4, 0.5) is 0 Å². The highest BCUT2D eigenvalue weighted by molar-refractivity contribution is 6.04. The van der Waals surface area contributed by atoms with E-state index in [2.05, 4.69) is 17.2 Å². The van der Waals surface area contributed by atoms with Crippen LogP contribution in [0, 0.1) is 30.6 Å². The number of ether oxygens (including phenoxy) is 1. The van der Waals surface area contributed by atoms with Crippen LogP contribution in [0.1, 0.15) is 84.0 Å². The highest BCUT2D eigenvalue weighted by atomic mass is 16.5. The Morgan fingerprint density at radius 2 is 1.78 bits per heavy atom. The fraction of sp³-hybridized carbons (Fsp3) is 0.654. The number of methoxy groups -OCH3 is 1. The molecule has 1 rings (SSSR count). The van der Waals surface area contributed by atoms with E-state index in [4.69, 9.17) is 17.6 Å². The third-order valence-electron chi connectivity index (χ3n) is 5.70. The summed E-state index contributed by atoms with van der Waals surface area (Å²) in [6.45, 7) is 2.44. The minimum atomic E-state index is -0.375. The molecule has 0 aromatic carbocycles. The molecule has 32 heavy (non-hydrogen) atoms. The largest absolute Gasteiger partial charge is 0.499 e. The van der Waals surface area contributed by atoms with Gasteiger partial charge in [0, 0.05) is 37.8 Å². The number of carbonyl (C=O) groups is 3. The van der Waals surface area contributed by atoms with Crippen molar-refractivity contribution in [1.82, 2.24) is 10.2 Å². The Bertz CT molecular complexity index is 729. The Hall–Kier alpha value is -2.73. The van der Waals surface area contributed by atoms with Crippen LogP contribution in [0.2, 0.25) is 0 Å². The Balaban J connectivity index is 2.42. The van der Waals surface area contributed by atoms with E-state index in [1.54, 1.807) is 0 Å². The number of nitrogens with zero attached hydrogens (tertiary/aromatic N) is 1. The molecule has 2 atom stereocenters. The summed E-state index contributed by atoms with van der Waals surface area (Å²) < 4.78 is 5.38. The molecule has 0 saturated heterocycles. The van der Waals surface area contributed by atoms with E-state index in [0.717, 1.165) is 51.4 Å². The minimum absolute atomic E-state index is 0.0506. The zero-order valence-electron chi connectivity index (χ0n) is 19.7. The molecule has 176 valence electrons. The summed E-state index contributed by atoms with van der Waals surface area (Å²) in [5, 5.41) is 2.93. The number of carbonyl (C=O) groups excluding carboxylic acids is 3. The molecule has 0 bridgehead atoms. The first-order valence-corrected chi connectivity index (χ1v) is 11.7.